The SMILES string of the molecule is Cc1ccccc1NC(=S)N/N=C\c1ccc(N(C)CCC#N)cc1. The third-order valence-electron chi connectivity index (χ3n) is 3.67. The van der Waals surface area contributed by atoms with Gasteiger partial charge in [0.15, 0.2) is 5.11 Å². The fourth-order valence-electron chi connectivity index (χ4n) is 2.19. The Kier molecular flexibility index (Phi) is 6.93. The molecule has 0 spiro atoms. The van der Waals surface area contributed by atoms with Gasteiger partial charge in [0.05, 0.1) is 18.7 Å². The Morgan fingerprint density at radius 2 is 1.96 bits per heavy atom. The molecule has 2 rings (SSSR count). The topological polar surface area (TPSA) is 63.5 Å². The predicted molar refractivity (Wildman–Crippen MR) is 108 cm³/mol. The van der Waals surface area contributed by atoms with Gasteiger partial charge in [-0.15, -0.1) is 0 Å². The van der Waals surface area contributed by atoms with Crippen LogP contribution in [0.25, 0.3) is 0 Å². The molecule has 6 heteroatoms. The van der Waals surface area contributed by atoms with Crippen molar-refractivity contribution in [2.45, 2.75) is 13.3 Å². The minimum Gasteiger partial charge on any atom is -0.374 e. The molecular formula is C19H21N5S. The molecular weight excluding hydrogens is 330 g/mol. The number of nitrogens with one attached hydrogen (secondary N) is 2. The van der Waals surface area contributed by atoms with Gasteiger partial charge in [0.25, 0.3) is 0 Å². The van der Waals surface area contributed by atoms with Crippen LogP contribution in [0, 0.1) is 18.3 Å². The van der Waals surface area contributed by atoms with E-state index in [9.17, 15) is 0 Å². The van der Waals surface area contributed by atoms with Crippen LogP contribution in [-0.4, -0.2) is 24.9 Å². The van der Waals surface area contributed by atoms with Crippen molar-refractivity contribution in [3.05, 3.63) is 59.7 Å². The molecule has 25 heavy (non-hydrogen) atoms. The third-order valence-corrected chi connectivity index (χ3v) is 3.86. The summed E-state index contributed by atoms with van der Waals surface area (Å²) in [6, 6.07) is 18.0. The molecule has 0 saturated carbocycles. The molecule has 2 aromatic rings. The zero-order valence-corrected chi connectivity index (χ0v) is 15.2. The number of rotatable bonds is 6. The largest absolute Gasteiger partial charge is 0.374 e. The lowest BCUT2D eigenvalue weighted by Crippen LogP contribution is -2.24. The second-order valence-corrected chi connectivity index (χ2v) is 5.97. The molecule has 2 N–H and O–H groups in total. The van der Waals surface area contributed by atoms with Crippen molar-refractivity contribution >= 4 is 34.9 Å². The second kappa shape index (κ2) is 9.40. The maximum atomic E-state index is 8.64. The highest BCUT2D eigenvalue weighted by molar-refractivity contribution is 7.80. The average molecular weight is 351 g/mol. The van der Waals surface area contributed by atoms with E-state index in [1.54, 1.807) is 6.21 Å². The Bertz CT molecular complexity index is 777. The second-order valence-electron chi connectivity index (χ2n) is 5.56. The zero-order chi connectivity index (χ0) is 18.1. The minimum absolute atomic E-state index is 0.443. The van der Waals surface area contributed by atoms with Crippen LogP contribution in [0.15, 0.2) is 53.6 Å². The van der Waals surface area contributed by atoms with E-state index in [2.05, 4.69) is 21.9 Å². The maximum Gasteiger partial charge on any atom is 0.191 e. The van der Waals surface area contributed by atoms with Crippen molar-refractivity contribution in [2.75, 3.05) is 23.8 Å². The van der Waals surface area contributed by atoms with Crippen LogP contribution in [0.5, 0.6) is 0 Å². The molecule has 0 aromatic heterocycles. The Morgan fingerprint density at radius 3 is 2.64 bits per heavy atom. The number of nitriles is 1. The van der Waals surface area contributed by atoms with Gasteiger partial charge in [-0.05, 0) is 48.5 Å². The fourth-order valence-corrected chi connectivity index (χ4v) is 2.35. The van der Waals surface area contributed by atoms with Crippen molar-refractivity contribution in [1.82, 2.24) is 5.43 Å². The molecule has 5 nitrogen and oxygen atoms in total. The van der Waals surface area contributed by atoms with Gasteiger partial charge in [0.2, 0.25) is 0 Å². The molecule has 0 fully saturated rings. The van der Waals surface area contributed by atoms with Gasteiger partial charge >= 0.3 is 0 Å². The van der Waals surface area contributed by atoms with E-state index in [1.165, 1.54) is 0 Å². The number of para-hydroxylation sites is 1. The van der Waals surface area contributed by atoms with Crippen LogP contribution in [-0.2, 0) is 0 Å². The molecule has 0 atom stereocenters. The van der Waals surface area contributed by atoms with Gasteiger partial charge in [-0.3, -0.25) is 5.43 Å². The number of hydrogen-bond acceptors (Lipinski definition) is 4. The Labute approximate surface area is 154 Å². The first-order valence-electron chi connectivity index (χ1n) is 7.94. The van der Waals surface area contributed by atoms with Gasteiger partial charge in [-0.1, -0.05) is 30.3 Å². The van der Waals surface area contributed by atoms with E-state index in [0.717, 1.165) is 22.5 Å². The third kappa shape index (κ3) is 5.90. The number of aryl methyl sites for hydroxylation is 1. The van der Waals surface area contributed by atoms with E-state index in [1.807, 2.05) is 67.4 Å². The Hall–Kier alpha value is -2.91. The summed E-state index contributed by atoms with van der Waals surface area (Å²) in [6.07, 6.45) is 2.22. The quantitative estimate of drug-likeness (QED) is 0.472. The molecule has 0 bridgehead atoms. The summed E-state index contributed by atoms with van der Waals surface area (Å²) in [7, 11) is 1.97. The van der Waals surface area contributed by atoms with Crippen LogP contribution in [0.4, 0.5) is 11.4 Å². The summed E-state index contributed by atoms with van der Waals surface area (Å²) < 4.78 is 0. The summed E-state index contributed by atoms with van der Waals surface area (Å²) in [4.78, 5) is 2.05. The van der Waals surface area contributed by atoms with Gasteiger partial charge < -0.3 is 10.2 Å². The van der Waals surface area contributed by atoms with Gasteiger partial charge in [-0.2, -0.15) is 10.4 Å². The van der Waals surface area contributed by atoms with Crippen molar-refractivity contribution in [3.8, 4) is 6.07 Å². The summed E-state index contributed by atoms with van der Waals surface area (Å²) in [5.41, 5.74) is 6.92. The highest BCUT2D eigenvalue weighted by Gasteiger charge is 2.00. The minimum atomic E-state index is 0.443. The summed E-state index contributed by atoms with van der Waals surface area (Å²) in [5.74, 6) is 0. The van der Waals surface area contributed by atoms with Crippen LogP contribution in [0.3, 0.4) is 0 Å². The Morgan fingerprint density at radius 1 is 1.24 bits per heavy atom. The summed E-state index contributed by atoms with van der Waals surface area (Å²) in [5, 5.41) is 16.4. The van der Waals surface area contributed by atoms with E-state index >= 15 is 0 Å². The van der Waals surface area contributed by atoms with Crippen molar-refractivity contribution in [2.24, 2.45) is 5.10 Å². The summed E-state index contributed by atoms with van der Waals surface area (Å²) >= 11 is 5.24. The lowest BCUT2D eigenvalue weighted by atomic mass is 10.2. The first-order valence-corrected chi connectivity index (χ1v) is 8.35. The molecule has 0 amide bonds. The lowest BCUT2D eigenvalue weighted by molar-refractivity contribution is 0.905. The molecule has 128 valence electrons. The molecule has 0 heterocycles. The lowest BCUT2D eigenvalue weighted by Gasteiger charge is -2.17. The highest BCUT2D eigenvalue weighted by Crippen LogP contribution is 2.14. The highest BCUT2D eigenvalue weighted by atomic mass is 32.1. The zero-order valence-electron chi connectivity index (χ0n) is 14.4. The first kappa shape index (κ1) is 18.4. The van der Waals surface area contributed by atoms with Crippen molar-refractivity contribution in [3.63, 3.8) is 0 Å². The van der Waals surface area contributed by atoms with Gasteiger partial charge in [0, 0.05) is 25.0 Å². The van der Waals surface area contributed by atoms with E-state index < -0.39 is 0 Å². The van der Waals surface area contributed by atoms with Crippen molar-refractivity contribution in [1.29, 1.82) is 5.26 Å². The number of thiocarbonyl (C=S) groups is 1. The molecule has 0 aliphatic carbocycles. The summed E-state index contributed by atoms with van der Waals surface area (Å²) in [6.45, 7) is 2.73. The molecule has 0 aliphatic rings. The predicted octanol–water partition coefficient (Wildman–Crippen LogP) is 3.67. The maximum absolute atomic E-state index is 8.64. The first-order chi connectivity index (χ1) is 12.1. The van der Waals surface area contributed by atoms with Crippen LogP contribution >= 0.6 is 12.2 Å². The number of nitrogens with zero attached hydrogens (tertiary/aromatic N) is 3. The smallest absolute Gasteiger partial charge is 0.191 e. The van der Waals surface area contributed by atoms with E-state index in [-0.39, 0.29) is 0 Å². The number of hydrogen-bond donors (Lipinski definition) is 2. The average Bonchev–Trinajstić information content (AvgIpc) is 2.62. The molecule has 0 unspecified atom stereocenters. The monoisotopic (exact) mass is 351 g/mol. The van der Waals surface area contributed by atoms with E-state index in [0.29, 0.717) is 18.1 Å². The van der Waals surface area contributed by atoms with Crippen LogP contribution < -0.4 is 15.6 Å². The van der Waals surface area contributed by atoms with Gasteiger partial charge in [-0.25, -0.2) is 0 Å². The number of benzene rings is 2. The standard InChI is InChI=1S/C19H21N5S/c1-15-6-3-4-7-18(15)22-19(25)23-21-14-16-8-10-17(11-9-16)24(2)13-5-12-20/h3-4,6-11,14H,5,13H2,1-2H3,(H2,22,23,25)/b21-14-. The van der Waals surface area contributed by atoms with Gasteiger partial charge in [0.1, 0.15) is 0 Å². The van der Waals surface area contributed by atoms with Crippen molar-refractivity contribution < 1.29 is 0 Å². The number of anilines is 2. The van der Waals surface area contributed by atoms with E-state index in [4.69, 9.17) is 17.5 Å². The molecule has 0 saturated heterocycles. The van der Waals surface area contributed by atoms with Crippen LogP contribution in [0.1, 0.15) is 17.5 Å². The molecule has 0 radical (unpaired) electrons. The molecule has 2 aromatic carbocycles. The number of hydrazone groups is 1. The normalized spacial score (nSPS) is 10.3. The van der Waals surface area contributed by atoms with Crippen LogP contribution in [0.2, 0.25) is 0 Å². The Balaban J connectivity index is 1.86. The fraction of sp³-hybridized carbons (Fsp3) is 0.211. The molecule has 0 aliphatic heterocycles.